The molecule has 0 radical (unpaired) electrons. The molecule has 8 heteroatoms. The van der Waals surface area contributed by atoms with Gasteiger partial charge in [-0.1, -0.05) is 0 Å². The molecule has 1 aliphatic rings. The van der Waals surface area contributed by atoms with Crippen molar-refractivity contribution in [2.45, 2.75) is 12.8 Å². The van der Waals surface area contributed by atoms with E-state index in [9.17, 15) is 22.8 Å². The summed E-state index contributed by atoms with van der Waals surface area (Å²) < 4.78 is 39.4. The molecule has 1 saturated heterocycles. The summed E-state index contributed by atoms with van der Waals surface area (Å²) in [4.78, 5) is 23.9. The van der Waals surface area contributed by atoms with Crippen molar-refractivity contribution in [3.8, 4) is 0 Å². The van der Waals surface area contributed by atoms with Crippen LogP contribution in [0, 0.1) is 23.4 Å². The third-order valence-corrected chi connectivity index (χ3v) is 3.74. The Morgan fingerprint density at radius 3 is 2.68 bits per heavy atom. The lowest BCUT2D eigenvalue weighted by Gasteiger charge is -2.27. The molecule has 0 aliphatic carbocycles. The minimum Gasteiger partial charge on any atom is -0.369 e. The third kappa shape index (κ3) is 3.76. The van der Waals surface area contributed by atoms with Crippen molar-refractivity contribution < 1.29 is 27.7 Å². The molecule has 0 aromatic heterocycles. The van der Waals surface area contributed by atoms with E-state index in [4.69, 9.17) is 5.73 Å². The number of hydrogen-bond donors (Lipinski definition) is 3. The van der Waals surface area contributed by atoms with Gasteiger partial charge in [-0.25, -0.2) is 13.2 Å². The molecule has 1 unspecified atom stereocenters. The third-order valence-electron chi connectivity index (χ3n) is 3.74. The van der Waals surface area contributed by atoms with Crippen molar-refractivity contribution >= 4 is 17.5 Å². The number of hydrogen-bond acceptors (Lipinski definition) is 2. The number of amides is 2. The van der Waals surface area contributed by atoms with Gasteiger partial charge in [0.05, 0.1) is 24.7 Å². The summed E-state index contributed by atoms with van der Waals surface area (Å²) in [5, 5.41) is 2.21. The Bertz CT molecular complexity index is 595. The number of anilines is 1. The fourth-order valence-corrected chi connectivity index (χ4v) is 2.60. The highest BCUT2D eigenvalue weighted by molar-refractivity contribution is 5.91. The van der Waals surface area contributed by atoms with E-state index in [1.807, 2.05) is 0 Å². The zero-order valence-corrected chi connectivity index (χ0v) is 11.8. The number of nitrogens with one attached hydrogen (secondary N) is 2. The monoisotopic (exact) mass is 316 g/mol. The minimum atomic E-state index is -1.63. The van der Waals surface area contributed by atoms with Gasteiger partial charge in [0, 0.05) is 0 Å². The van der Waals surface area contributed by atoms with Crippen LogP contribution >= 0.6 is 0 Å². The van der Waals surface area contributed by atoms with Crippen LogP contribution in [-0.4, -0.2) is 31.4 Å². The number of carbonyl (C=O) groups is 2. The molecule has 1 heterocycles. The normalized spacial score (nSPS) is 21.4. The predicted molar refractivity (Wildman–Crippen MR) is 72.4 cm³/mol. The fraction of sp³-hybridized carbons (Fsp3) is 0.429. The highest BCUT2D eigenvalue weighted by Crippen LogP contribution is 2.19. The summed E-state index contributed by atoms with van der Waals surface area (Å²) in [5.41, 5.74) is 4.84. The first-order valence-corrected chi connectivity index (χ1v) is 6.94. The molecule has 22 heavy (non-hydrogen) atoms. The molecule has 2 atom stereocenters. The van der Waals surface area contributed by atoms with Crippen molar-refractivity contribution in [2.24, 2.45) is 11.7 Å². The number of piperidine rings is 1. The lowest BCUT2D eigenvalue weighted by atomic mass is 9.97. The van der Waals surface area contributed by atoms with Gasteiger partial charge in [-0.3, -0.25) is 9.59 Å². The maximum atomic E-state index is 13.5. The number of primary amides is 1. The van der Waals surface area contributed by atoms with Gasteiger partial charge >= 0.3 is 0 Å². The Kier molecular flexibility index (Phi) is 5.02. The number of halogens is 3. The largest absolute Gasteiger partial charge is 0.369 e. The summed E-state index contributed by atoms with van der Waals surface area (Å²) in [7, 11) is 0. The molecule has 1 fully saturated rings. The molecular formula is C14H17F3N3O2+. The number of benzene rings is 1. The van der Waals surface area contributed by atoms with Crippen molar-refractivity contribution in [2.75, 3.05) is 25.0 Å². The van der Waals surface area contributed by atoms with Crippen LogP contribution in [0.2, 0.25) is 0 Å². The van der Waals surface area contributed by atoms with Gasteiger partial charge in [0.15, 0.2) is 24.0 Å². The van der Waals surface area contributed by atoms with Gasteiger partial charge in [0.2, 0.25) is 5.91 Å². The summed E-state index contributed by atoms with van der Waals surface area (Å²) in [6.45, 7) is 1.13. The van der Waals surface area contributed by atoms with Crippen LogP contribution in [0.15, 0.2) is 12.1 Å². The number of quaternary nitrogens is 1. The Morgan fingerprint density at radius 1 is 1.27 bits per heavy atom. The zero-order chi connectivity index (χ0) is 16.3. The molecule has 120 valence electrons. The lowest BCUT2D eigenvalue weighted by molar-refractivity contribution is -0.899. The van der Waals surface area contributed by atoms with E-state index in [1.165, 1.54) is 0 Å². The number of likely N-dealkylation sites (tertiary alicyclic amines) is 1. The van der Waals surface area contributed by atoms with Crippen LogP contribution in [0.4, 0.5) is 18.9 Å². The standard InChI is InChI=1S/C14H16F3N3O2/c15-9-3-4-10(13(17)12(9)16)19-11(21)7-20-5-1-2-8(6-20)14(18)22/h3-4,8H,1-2,5-7H2,(H2,18,22)(H,19,21)/p+1/t8-/m0/s1. The highest BCUT2D eigenvalue weighted by Gasteiger charge is 2.28. The smallest absolute Gasteiger partial charge is 0.279 e. The molecule has 0 saturated carbocycles. The van der Waals surface area contributed by atoms with Crippen LogP contribution in [0.3, 0.4) is 0 Å². The maximum Gasteiger partial charge on any atom is 0.279 e. The first-order chi connectivity index (χ1) is 10.4. The summed E-state index contributed by atoms with van der Waals surface area (Å²) in [6.07, 6.45) is 1.45. The maximum absolute atomic E-state index is 13.5. The van der Waals surface area contributed by atoms with Crippen LogP contribution in [0.1, 0.15) is 12.8 Å². The van der Waals surface area contributed by atoms with Crippen molar-refractivity contribution in [3.05, 3.63) is 29.6 Å². The van der Waals surface area contributed by atoms with Gasteiger partial charge < -0.3 is 16.0 Å². The van der Waals surface area contributed by atoms with E-state index in [-0.39, 0.29) is 12.5 Å². The van der Waals surface area contributed by atoms with Crippen molar-refractivity contribution in [1.82, 2.24) is 0 Å². The lowest BCUT2D eigenvalue weighted by Crippen LogP contribution is -3.14. The van der Waals surface area contributed by atoms with E-state index in [0.717, 1.165) is 23.5 Å². The quantitative estimate of drug-likeness (QED) is 0.674. The molecule has 2 rings (SSSR count). The molecule has 5 nitrogen and oxygen atoms in total. The van der Waals surface area contributed by atoms with Crippen molar-refractivity contribution in [3.63, 3.8) is 0 Å². The highest BCUT2D eigenvalue weighted by atomic mass is 19.2. The Morgan fingerprint density at radius 2 is 2.00 bits per heavy atom. The molecule has 4 N–H and O–H groups in total. The molecule has 1 aromatic rings. The Balaban J connectivity index is 1.96. The van der Waals surface area contributed by atoms with E-state index < -0.39 is 35.0 Å². The van der Waals surface area contributed by atoms with Crippen molar-refractivity contribution in [1.29, 1.82) is 0 Å². The summed E-state index contributed by atoms with van der Waals surface area (Å²) >= 11 is 0. The molecule has 1 aromatic carbocycles. The number of nitrogens with two attached hydrogens (primary N) is 1. The minimum absolute atomic E-state index is 0.00220. The van der Waals surface area contributed by atoms with E-state index in [1.54, 1.807) is 0 Å². The van der Waals surface area contributed by atoms with Crippen LogP contribution < -0.4 is 16.0 Å². The number of carbonyl (C=O) groups excluding carboxylic acids is 2. The second-order valence-corrected chi connectivity index (χ2v) is 5.39. The van der Waals surface area contributed by atoms with Gasteiger partial charge in [0.25, 0.3) is 5.91 Å². The molecule has 1 aliphatic heterocycles. The van der Waals surface area contributed by atoms with E-state index in [2.05, 4.69) is 5.32 Å². The summed E-state index contributed by atoms with van der Waals surface area (Å²) in [5.74, 6) is -5.60. The van der Waals surface area contributed by atoms with E-state index in [0.29, 0.717) is 19.5 Å². The average Bonchev–Trinajstić information content (AvgIpc) is 2.48. The van der Waals surface area contributed by atoms with Gasteiger partial charge in [0.1, 0.15) is 0 Å². The summed E-state index contributed by atoms with van der Waals surface area (Å²) in [6, 6.07) is 1.70. The Hall–Kier alpha value is -2.09. The van der Waals surface area contributed by atoms with E-state index >= 15 is 0 Å². The van der Waals surface area contributed by atoms with Gasteiger partial charge in [-0.2, -0.15) is 0 Å². The van der Waals surface area contributed by atoms with Gasteiger partial charge in [-0.15, -0.1) is 0 Å². The SMILES string of the molecule is NC(=O)[C@H]1CCC[NH+](CC(=O)Nc2ccc(F)c(F)c2F)C1. The molecule has 2 amide bonds. The van der Waals surface area contributed by atoms with Crippen LogP contribution in [-0.2, 0) is 9.59 Å². The topological polar surface area (TPSA) is 76.6 Å². The van der Waals surface area contributed by atoms with Crippen LogP contribution in [0.5, 0.6) is 0 Å². The molecular weight excluding hydrogens is 299 g/mol. The van der Waals surface area contributed by atoms with Gasteiger partial charge in [-0.05, 0) is 25.0 Å². The second-order valence-electron chi connectivity index (χ2n) is 5.39. The zero-order valence-electron chi connectivity index (χ0n) is 11.8. The van der Waals surface area contributed by atoms with Crippen LogP contribution in [0.25, 0.3) is 0 Å². The molecule has 0 bridgehead atoms. The second kappa shape index (κ2) is 6.78. The first-order valence-electron chi connectivity index (χ1n) is 6.94. The molecule has 0 spiro atoms. The fourth-order valence-electron chi connectivity index (χ4n) is 2.60. The Labute approximate surface area is 125 Å². The average molecular weight is 316 g/mol. The first kappa shape index (κ1) is 16.3. The predicted octanol–water partition coefficient (Wildman–Crippen LogP) is -0.177. The number of rotatable bonds is 4.